The average molecular weight is 393 g/mol. The fourth-order valence-electron chi connectivity index (χ4n) is 3.00. The molecule has 0 heterocycles. The molecule has 0 aromatic heterocycles. The molecule has 0 saturated carbocycles. The Bertz CT molecular complexity index is 842. The summed E-state index contributed by atoms with van der Waals surface area (Å²) in [6.07, 6.45) is -4.52. The SMILES string of the molecule is COC(=O)[C@H](Cc1c(C)cccc1C)NC(=O)Cc1cccc(C(F)(F)F)c1. The summed E-state index contributed by atoms with van der Waals surface area (Å²) in [4.78, 5) is 24.5. The number of benzene rings is 2. The zero-order chi connectivity index (χ0) is 20.9. The van der Waals surface area contributed by atoms with Gasteiger partial charge in [-0.1, -0.05) is 36.4 Å². The third-order valence-electron chi connectivity index (χ3n) is 4.49. The number of rotatable bonds is 6. The molecule has 2 aromatic rings. The lowest BCUT2D eigenvalue weighted by atomic mass is 9.96. The van der Waals surface area contributed by atoms with Gasteiger partial charge in [0.05, 0.1) is 19.1 Å². The largest absolute Gasteiger partial charge is 0.467 e. The van der Waals surface area contributed by atoms with E-state index in [1.54, 1.807) is 0 Å². The summed E-state index contributed by atoms with van der Waals surface area (Å²) in [6, 6.07) is 9.34. The first kappa shape index (κ1) is 21.5. The van der Waals surface area contributed by atoms with Gasteiger partial charge in [0.1, 0.15) is 6.04 Å². The second kappa shape index (κ2) is 8.91. The minimum atomic E-state index is -4.48. The topological polar surface area (TPSA) is 55.4 Å². The van der Waals surface area contributed by atoms with E-state index in [0.717, 1.165) is 28.8 Å². The Morgan fingerprint density at radius 3 is 2.25 bits per heavy atom. The van der Waals surface area contributed by atoms with Gasteiger partial charge in [0.2, 0.25) is 5.91 Å². The Kier molecular flexibility index (Phi) is 6.83. The summed E-state index contributed by atoms with van der Waals surface area (Å²) in [5.41, 5.74) is 2.25. The van der Waals surface area contributed by atoms with Gasteiger partial charge in [-0.3, -0.25) is 4.79 Å². The molecule has 1 N–H and O–H groups in total. The van der Waals surface area contributed by atoms with E-state index < -0.39 is 29.7 Å². The number of aryl methyl sites for hydroxylation is 2. The highest BCUT2D eigenvalue weighted by molar-refractivity contribution is 5.86. The summed E-state index contributed by atoms with van der Waals surface area (Å²) >= 11 is 0. The van der Waals surface area contributed by atoms with Gasteiger partial charge < -0.3 is 10.1 Å². The molecule has 2 aromatic carbocycles. The van der Waals surface area contributed by atoms with Crippen molar-refractivity contribution < 1.29 is 27.5 Å². The summed E-state index contributed by atoms with van der Waals surface area (Å²) in [5, 5.41) is 2.58. The maximum atomic E-state index is 12.8. The number of ether oxygens (including phenoxy) is 1. The van der Waals surface area contributed by atoms with Crippen molar-refractivity contribution in [2.24, 2.45) is 0 Å². The summed E-state index contributed by atoms with van der Waals surface area (Å²) < 4.78 is 43.2. The van der Waals surface area contributed by atoms with Crippen molar-refractivity contribution in [2.75, 3.05) is 7.11 Å². The van der Waals surface area contributed by atoms with E-state index >= 15 is 0 Å². The molecule has 2 rings (SSSR count). The molecule has 4 nitrogen and oxygen atoms in total. The molecule has 0 aliphatic rings. The first-order valence-corrected chi connectivity index (χ1v) is 8.70. The zero-order valence-electron chi connectivity index (χ0n) is 15.9. The molecule has 0 aliphatic carbocycles. The highest BCUT2D eigenvalue weighted by atomic mass is 19.4. The quantitative estimate of drug-likeness (QED) is 0.761. The van der Waals surface area contributed by atoms with Crippen molar-refractivity contribution in [1.29, 1.82) is 0 Å². The lowest BCUT2D eigenvalue weighted by Gasteiger charge is -2.19. The van der Waals surface area contributed by atoms with Crippen molar-refractivity contribution >= 4 is 11.9 Å². The number of methoxy groups -OCH3 is 1. The fraction of sp³-hybridized carbons (Fsp3) is 0.333. The van der Waals surface area contributed by atoms with Crippen LogP contribution in [-0.4, -0.2) is 25.0 Å². The number of esters is 1. The average Bonchev–Trinajstić information content (AvgIpc) is 2.62. The van der Waals surface area contributed by atoms with Gasteiger partial charge in [0, 0.05) is 6.42 Å². The van der Waals surface area contributed by atoms with Gasteiger partial charge in [-0.25, -0.2) is 4.79 Å². The molecule has 1 amide bonds. The molecule has 0 bridgehead atoms. The van der Waals surface area contributed by atoms with Gasteiger partial charge in [0.25, 0.3) is 0 Å². The number of hydrogen-bond donors (Lipinski definition) is 1. The van der Waals surface area contributed by atoms with Crippen molar-refractivity contribution in [1.82, 2.24) is 5.32 Å². The van der Waals surface area contributed by atoms with Crippen LogP contribution in [0.15, 0.2) is 42.5 Å². The zero-order valence-corrected chi connectivity index (χ0v) is 15.9. The van der Waals surface area contributed by atoms with Gasteiger partial charge >= 0.3 is 12.1 Å². The van der Waals surface area contributed by atoms with E-state index in [4.69, 9.17) is 4.74 Å². The first-order chi connectivity index (χ1) is 13.1. The maximum Gasteiger partial charge on any atom is 0.416 e. The number of alkyl halides is 3. The molecule has 0 saturated heterocycles. The van der Waals surface area contributed by atoms with Crippen LogP contribution < -0.4 is 5.32 Å². The molecule has 0 radical (unpaired) electrons. The number of amides is 1. The van der Waals surface area contributed by atoms with Gasteiger partial charge in [-0.2, -0.15) is 13.2 Å². The molecule has 28 heavy (non-hydrogen) atoms. The van der Waals surface area contributed by atoms with Gasteiger partial charge in [-0.05, 0) is 42.2 Å². The Labute approximate surface area is 161 Å². The molecule has 0 aliphatic heterocycles. The third-order valence-corrected chi connectivity index (χ3v) is 4.49. The number of carbonyl (C=O) groups excluding carboxylic acids is 2. The van der Waals surface area contributed by atoms with Crippen molar-refractivity contribution in [3.05, 3.63) is 70.3 Å². The summed E-state index contributed by atoms with van der Waals surface area (Å²) in [7, 11) is 1.22. The number of halogens is 3. The van der Waals surface area contributed by atoms with Crippen LogP contribution in [0.4, 0.5) is 13.2 Å². The van der Waals surface area contributed by atoms with E-state index in [9.17, 15) is 22.8 Å². The van der Waals surface area contributed by atoms with E-state index in [2.05, 4.69) is 5.32 Å². The fourth-order valence-corrected chi connectivity index (χ4v) is 3.00. The number of carbonyl (C=O) groups is 2. The van der Waals surface area contributed by atoms with E-state index in [1.807, 2.05) is 32.0 Å². The Morgan fingerprint density at radius 2 is 1.68 bits per heavy atom. The molecule has 0 spiro atoms. The lowest BCUT2D eigenvalue weighted by molar-refractivity contribution is -0.145. The Morgan fingerprint density at radius 1 is 1.07 bits per heavy atom. The summed E-state index contributed by atoms with van der Waals surface area (Å²) in [6.45, 7) is 3.81. The van der Waals surface area contributed by atoms with Gasteiger partial charge in [-0.15, -0.1) is 0 Å². The van der Waals surface area contributed by atoms with Gasteiger partial charge in [0.15, 0.2) is 0 Å². The molecule has 150 valence electrons. The van der Waals surface area contributed by atoms with E-state index in [-0.39, 0.29) is 18.4 Å². The van der Waals surface area contributed by atoms with Crippen LogP contribution >= 0.6 is 0 Å². The van der Waals surface area contributed by atoms with Crippen LogP contribution in [0, 0.1) is 13.8 Å². The Balaban J connectivity index is 2.15. The van der Waals surface area contributed by atoms with Crippen LogP contribution in [0.25, 0.3) is 0 Å². The van der Waals surface area contributed by atoms with E-state index in [1.165, 1.54) is 19.2 Å². The standard InChI is InChI=1S/C21H22F3NO3/c1-13-6-4-7-14(2)17(13)12-18(20(27)28-3)25-19(26)11-15-8-5-9-16(10-15)21(22,23)24/h4-10,18H,11-12H2,1-3H3,(H,25,26)/t18-/m0/s1. The second-order valence-electron chi connectivity index (χ2n) is 6.59. The van der Waals surface area contributed by atoms with Crippen molar-refractivity contribution in [2.45, 2.75) is 38.9 Å². The number of nitrogens with one attached hydrogen (secondary N) is 1. The Hall–Kier alpha value is -2.83. The third kappa shape index (κ3) is 5.58. The predicted molar refractivity (Wildman–Crippen MR) is 98.7 cm³/mol. The van der Waals surface area contributed by atoms with Crippen LogP contribution in [0.2, 0.25) is 0 Å². The minimum absolute atomic E-state index is 0.211. The van der Waals surface area contributed by atoms with Crippen LogP contribution in [0.5, 0.6) is 0 Å². The summed E-state index contributed by atoms with van der Waals surface area (Å²) in [5.74, 6) is -1.17. The molecule has 0 fully saturated rings. The molecular weight excluding hydrogens is 371 g/mol. The molecule has 0 unspecified atom stereocenters. The van der Waals surface area contributed by atoms with Crippen LogP contribution in [-0.2, 0) is 33.3 Å². The monoisotopic (exact) mass is 393 g/mol. The van der Waals surface area contributed by atoms with Crippen LogP contribution in [0.1, 0.15) is 27.8 Å². The first-order valence-electron chi connectivity index (χ1n) is 8.70. The minimum Gasteiger partial charge on any atom is -0.467 e. The maximum absolute atomic E-state index is 12.8. The van der Waals surface area contributed by atoms with Crippen LogP contribution in [0.3, 0.4) is 0 Å². The molecular formula is C21H22F3NO3. The smallest absolute Gasteiger partial charge is 0.416 e. The highest BCUT2D eigenvalue weighted by Crippen LogP contribution is 2.29. The predicted octanol–water partition coefficient (Wildman–Crippen LogP) is 3.77. The highest BCUT2D eigenvalue weighted by Gasteiger charge is 2.30. The van der Waals surface area contributed by atoms with E-state index in [0.29, 0.717) is 0 Å². The second-order valence-corrected chi connectivity index (χ2v) is 6.59. The van der Waals surface area contributed by atoms with Crippen molar-refractivity contribution in [3.63, 3.8) is 0 Å². The normalized spacial score (nSPS) is 12.4. The lowest BCUT2D eigenvalue weighted by Crippen LogP contribution is -2.44. The van der Waals surface area contributed by atoms with Crippen molar-refractivity contribution in [3.8, 4) is 0 Å². The molecule has 7 heteroatoms. The molecule has 1 atom stereocenters. The number of hydrogen-bond acceptors (Lipinski definition) is 3.